The number of hydrogen-bond acceptors (Lipinski definition) is 7. The van der Waals surface area contributed by atoms with E-state index in [4.69, 9.17) is 18.6 Å². The van der Waals surface area contributed by atoms with E-state index < -0.39 is 17.3 Å². The third kappa shape index (κ3) is 5.13. The summed E-state index contributed by atoms with van der Waals surface area (Å²) in [6.45, 7) is 8.96. The molecule has 1 aromatic heterocycles. The van der Waals surface area contributed by atoms with E-state index in [1.54, 1.807) is 24.1 Å². The quantitative estimate of drug-likeness (QED) is 0.414. The Labute approximate surface area is 220 Å². The van der Waals surface area contributed by atoms with Crippen molar-refractivity contribution >= 4 is 16.9 Å². The average molecular weight is 525 g/mol. The van der Waals surface area contributed by atoms with Crippen LogP contribution in [0.4, 0.5) is 4.39 Å². The molecule has 0 spiro atoms. The van der Waals surface area contributed by atoms with Gasteiger partial charge in [-0.1, -0.05) is 19.9 Å². The van der Waals surface area contributed by atoms with E-state index in [-0.39, 0.29) is 28.2 Å². The van der Waals surface area contributed by atoms with Gasteiger partial charge in [-0.2, -0.15) is 0 Å². The van der Waals surface area contributed by atoms with Crippen LogP contribution in [-0.4, -0.2) is 68.8 Å². The molecular weight excluding hydrogens is 491 g/mol. The molecule has 0 N–H and O–H groups in total. The zero-order valence-corrected chi connectivity index (χ0v) is 22.0. The molecule has 9 heteroatoms. The summed E-state index contributed by atoms with van der Waals surface area (Å²) >= 11 is 0. The van der Waals surface area contributed by atoms with Gasteiger partial charge in [0.05, 0.1) is 43.9 Å². The van der Waals surface area contributed by atoms with Crippen molar-refractivity contribution in [3.63, 3.8) is 0 Å². The molecule has 0 bridgehead atoms. The lowest BCUT2D eigenvalue weighted by Gasteiger charge is -2.29. The molecule has 1 fully saturated rings. The second kappa shape index (κ2) is 11.1. The smallest absolute Gasteiger partial charge is 0.290 e. The number of hydrogen-bond donors (Lipinski definition) is 0. The van der Waals surface area contributed by atoms with E-state index in [0.29, 0.717) is 55.8 Å². The maximum atomic E-state index is 14.1. The molecule has 0 aliphatic carbocycles. The molecule has 1 amide bonds. The molecule has 2 aliphatic rings. The highest BCUT2D eigenvalue weighted by Crippen LogP contribution is 2.41. The van der Waals surface area contributed by atoms with Crippen molar-refractivity contribution in [1.29, 1.82) is 0 Å². The van der Waals surface area contributed by atoms with Crippen LogP contribution >= 0.6 is 0 Å². The number of ether oxygens (including phenoxy) is 3. The highest BCUT2D eigenvalue weighted by molar-refractivity contribution is 5.99. The van der Waals surface area contributed by atoms with Gasteiger partial charge < -0.3 is 23.5 Å². The van der Waals surface area contributed by atoms with E-state index in [0.717, 1.165) is 25.7 Å². The van der Waals surface area contributed by atoms with Gasteiger partial charge in [0, 0.05) is 26.2 Å². The van der Waals surface area contributed by atoms with E-state index in [1.165, 1.54) is 12.1 Å². The van der Waals surface area contributed by atoms with Crippen molar-refractivity contribution in [2.24, 2.45) is 5.92 Å². The molecule has 1 atom stereocenters. The standard InChI is InChI=1S/C29H33FN2O6/c1-18(2)17-37-23-7-5-19(15-24(23)35-3)26-25-27(33)21-16-20(30)6-8-22(21)38-28(25)29(34)32(26)10-4-9-31-11-13-36-14-12-31/h5-8,15-16,18,26H,4,9-14,17H2,1-3H3. The minimum absolute atomic E-state index is 0.00424. The summed E-state index contributed by atoms with van der Waals surface area (Å²) in [7, 11) is 1.56. The molecular formula is C29H33FN2O6. The third-order valence-corrected chi connectivity index (χ3v) is 6.98. The van der Waals surface area contributed by atoms with Crippen LogP contribution in [0.2, 0.25) is 0 Å². The molecule has 1 unspecified atom stereocenters. The summed E-state index contributed by atoms with van der Waals surface area (Å²) in [5, 5.41) is 0.112. The Morgan fingerprint density at radius 1 is 1.05 bits per heavy atom. The second-order valence-electron chi connectivity index (χ2n) is 10.1. The zero-order chi connectivity index (χ0) is 26.8. The molecule has 0 radical (unpaired) electrons. The van der Waals surface area contributed by atoms with Crippen LogP contribution in [0.25, 0.3) is 11.0 Å². The van der Waals surface area contributed by atoms with Crippen LogP contribution in [0.3, 0.4) is 0 Å². The van der Waals surface area contributed by atoms with Crippen LogP contribution in [-0.2, 0) is 4.74 Å². The lowest BCUT2D eigenvalue weighted by Crippen LogP contribution is -2.38. The molecule has 0 saturated carbocycles. The van der Waals surface area contributed by atoms with Gasteiger partial charge in [0.25, 0.3) is 5.91 Å². The number of amides is 1. The Bertz CT molecular complexity index is 1380. The number of benzene rings is 2. The largest absolute Gasteiger partial charge is 0.493 e. The third-order valence-electron chi connectivity index (χ3n) is 6.98. The van der Waals surface area contributed by atoms with Gasteiger partial charge in [-0.25, -0.2) is 4.39 Å². The van der Waals surface area contributed by atoms with Gasteiger partial charge in [0.2, 0.25) is 5.76 Å². The van der Waals surface area contributed by atoms with Crippen LogP contribution in [0.5, 0.6) is 11.5 Å². The van der Waals surface area contributed by atoms with Crippen LogP contribution in [0, 0.1) is 11.7 Å². The van der Waals surface area contributed by atoms with Crippen molar-refractivity contribution < 1.29 is 27.8 Å². The fraction of sp³-hybridized carbons (Fsp3) is 0.448. The molecule has 2 aromatic carbocycles. The van der Waals surface area contributed by atoms with Gasteiger partial charge in [0.1, 0.15) is 11.4 Å². The van der Waals surface area contributed by atoms with E-state index >= 15 is 0 Å². The summed E-state index contributed by atoms with van der Waals surface area (Å²) in [5.74, 6) is 0.536. The van der Waals surface area contributed by atoms with Gasteiger partial charge in [-0.3, -0.25) is 14.5 Å². The molecule has 202 valence electrons. The summed E-state index contributed by atoms with van der Waals surface area (Å²) in [4.78, 5) is 31.3. The lowest BCUT2D eigenvalue weighted by atomic mass is 9.98. The first-order valence-electron chi connectivity index (χ1n) is 13.1. The Morgan fingerprint density at radius 3 is 2.58 bits per heavy atom. The van der Waals surface area contributed by atoms with Crippen molar-refractivity contribution in [2.75, 3.05) is 53.1 Å². The fourth-order valence-electron chi connectivity index (χ4n) is 5.09. The van der Waals surface area contributed by atoms with Crippen molar-refractivity contribution in [3.05, 3.63) is 69.3 Å². The molecule has 38 heavy (non-hydrogen) atoms. The monoisotopic (exact) mass is 524 g/mol. The number of nitrogens with zero attached hydrogens (tertiary/aromatic N) is 2. The maximum absolute atomic E-state index is 14.1. The SMILES string of the molecule is COc1cc(C2c3c(oc4ccc(F)cc4c3=O)C(=O)N2CCCN2CCOCC2)ccc1OCC(C)C. The predicted octanol–water partition coefficient (Wildman–Crippen LogP) is 4.24. The van der Waals surface area contributed by atoms with Gasteiger partial charge >= 0.3 is 0 Å². The fourth-order valence-corrected chi connectivity index (χ4v) is 5.09. The summed E-state index contributed by atoms with van der Waals surface area (Å²) < 4.78 is 36.9. The number of carbonyl (C=O) groups is 1. The number of rotatable bonds is 9. The van der Waals surface area contributed by atoms with Gasteiger partial charge in [-0.15, -0.1) is 0 Å². The van der Waals surface area contributed by atoms with E-state index in [1.807, 2.05) is 6.07 Å². The van der Waals surface area contributed by atoms with E-state index in [9.17, 15) is 14.0 Å². The second-order valence-corrected chi connectivity index (χ2v) is 10.1. The van der Waals surface area contributed by atoms with Crippen molar-refractivity contribution in [3.8, 4) is 11.5 Å². The zero-order valence-electron chi connectivity index (χ0n) is 22.0. The first kappa shape index (κ1) is 26.2. The predicted molar refractivity (Wildman–Crippen MR) is 141 cm³/mol. The number of halogens is 1. The topological polar surface area (TPSA) is 81.5 Å². The Morgan fingerprint density at radius 2 is 1.84 bits per heavy atom. The maximum Gasteiger partial charge on any atom is 0.290 e. The highest BCUT2D eigenvalue weighted by atomic mass is 19.1. The number of morpholine rings is 1. The Balaban J connectivity index is 1.54. The van der Waals surface area contributed by atoms with Crippen molar-refractivity contribution in [2.45, 2.75) is 26.3 Å². The minimum atomic E-state index is -0.695. The highest BCUT2D eigenvalue weighted by Gasteiger charge is 2.42. The number of carbonyl (C=O) groups excluding carboxylic acids is 1. The molecule has 3 heterocycles. The molecule has 8 nitrogen and oxygen atoms in total. The molecule has 3 aromatic rings. The normalized spacial score (nSPS) is 17.9. The van der Waals surface area contributed by atoms with Crippen molar-refractivity contribution in [1.82, 2.24) is 9.80 Å². The molecule has 1 saturated heterocycles. The number of fused-ring (bicyclic) bond motifs is 2. The number of methoxy groups -OCH3 is 1. The Hall–Kier alpha value is -3.43. The average Bonchev–Trinajstić information content (AvgIpc) is 3.20. The van der Waals surface area contributed by atoms with Crippen LogP contribution in [0.15, 0.2) is 45.6 Å². The summed E-state index contributed by atoms with van der Waals surface area (Å²) in [6, 6.07) is 8.51. The van der Waals surface area contributed by atoms with Gasteiger partial charge in [0.15, 0.2) is 16.9 Å². The molecule has 2 aliphatic heterocycles. The first-order chi connectivity index (χ1) is 18.4. The van der Waals surface area contributed by atoms with Crippen LogP contribution in [0.1, 0.15) is 48.0 Å². The molecule has 5 rings (SSSR count). The van der Waals surface area contributed by atoms with E-state index in [2.05, 4.69) is 18.7 Å². The Kier molecular flexibility index (Phi) is 7.67. The lowest BCUT2D eigenvalue weighted by molar-refractivity contribution is 0.0353. The van der Waals surface area contributed by atoms with Gasteiger partial charge in [-0.05, 0) is 48.2 Å². The summed E-state index contributed by atoms with van der Waals surface area (Å²) in [6.07, 6.45) is 0.714. The van der Waals surface area contributed by atoms with Crippen LogP contribution < -0.4 is 14.9 Å². The summed E-state index contributed by atoms with van der Waals surface area (Å²) in [5.41, 5.74) is 0.693. The first-order valence-corrected chi connectivity index (χ1v) is 13.1. The minimum Gasteiger partial charge on any atom is -0.493 e.